The summed E-state index contributed by atoms with van der Waals surface area (Å²) in [4.78, 5) is 4.28. The van der Waals surface area contributed by atoms with E-state index >= 15 is 0 Å². The number of nitrogen functional groups attached to an aromatic ring is 1. The standard InChI is InChI=1S/C12H9ClN4/c13-8-1-2-10-11(5-8)15-4-3-12(10)17-7-9(14)6-16-17/h1-7H,14H2. The molecule has 3 aromatic rings. The molecule has 2 N–H and O–H groups in total. The Labute approximate surface area is 103 Å². The average molecular weight is 245 g/mol. The van der Waals surface area contributed by atoms with Crippen LogP contribution < -0.4 is 5.73 Å². The minimum Gasteiger partial charge on any atom is -0.396 e. The molecule has 0 saturated carbocycles. The molecular weight excluding hydrogens is 236 g/mol. The van der Waals surface area contributed by atoms with Crippen LogP contribution in [0.15, 0.2) is 42.9 Å². The van der Waals surface area contributed by atoms with Crippen LogP contribution in [0.1, 0.15) is 0 Å². The fourth-order valence-electron chi connectivity index (χ4n) is 1.77. The Morgan fingerprint density at radius 2 is 2.12 bits per heavy atom. The van der Waals surface area contributed by atoms with Crippen molar-refractivity contribution >= 4 is 28.2 Å². The fraction of sp³-hybridized carbons (Fsp3) is 0. The second-order valence-corrected chi connectivity index (χ2v) is 4.15. The largest absolute Gasteiger partial charge is 0.396 e. The van der Waals surface area contributed by atoms with Crippen LogP contribution in [-0.2, 0) is 0 Å². The molecule has 0 aliphatic carbocycles. The molecule has 0 unspecified atom stereocenters. The summed E-state index contributed by atoms with van der Waals surface area (Å²) in [5, 5.41) is 5.84. The van der Waals surface area contributed by atoms with E-state index in [0.717, 1.165) is 16.6 Å². The second kappa shape index (κ2) is 3.75. The van der Waals surface area contributed by atoms with Gasteiger partial charge in [-0.25, -0.2) is 4.68 Å². The number of aromatic nitrogens is 3. The lowest BCUT2D eigenvalue weighted by Gasteiger charge is -2.05. The smallest absolute Gasteiger partial charge is 0.0755 e. The number of fused-ring (bicyclic) bond motifs is 1. The van der Waals surface area contributed by atoms with Crippen LogP contribution in [0, 0.1) is 0 Å². The van der Waals surface area contributed by atoms with E-state index in [2.05, 4.69) is 10.1 Å². The van der Waals surface area contributed by atoms with Crippen molar-refractivity contribution in [1.82, 2.24) is 14.8 Å². The number of hydrogen-bond donors (Lipinski definition) is 1. The first-order chi connectivity index (χ1) is 8.24. The molecule has 0 bridgehead atoms. The van der Waals surface area contributed by atoms with Gasteiger partial charge < -0.3 is 5.73 Å². The van der Waals surface area contributed by atoms with E-state index in [0.29, 0.717) is 10.7 Å². The number of benzene rings is 1. The second-order valence-electron chi connectivity index (χ2n) is 3.71. The van der Waals surface area contributed by atoms with Crippen molar-refractivity contribution in [2.24, 2.45) is 0 Å². The van der Waals surface area contributed by atoms with Gasteiger partial charge in [0, 0.05) is 16.6 Å². The van der Waals surface area contributed by atoms with E-state index in [1.807, 2.05) is 24.3 Å². The van der Waals surface area contributed by atoms with Crippen LogP contribution in [0.2, 0.25) is 5.02 Å². The summed E-state index contributed by atoms with van der Waals surface area (Å²) in [7, 11) is 0. The number of hydrogen-bond acceptors (Lipinski definition) is 3. The minimum absolute atomic E-state index is 0.629. The predicted octanol–water partition coefficient (Wildman–Crippen LogP) is 2.66. The summed E-state index contributed by atoms with van der Waals surface area (Å²) >= 11 is 5.94. The maximum atomic E-state index is 5.94. The Hall–Kier alpha value is -2.07. The van der Waals surface area contributed by atoms with Crippen LogP contribution in [0.4, 0.5) is 5.69 Å². The molecule has 0 aliphatic heterocycles. The molecule has 1 aromatic carbocycles. The third kappa shape index (κ3) is 1.72. The molecule has 0 radical (unpaired) electrons. The highest BCUT2D eigenvalue weighted by atomic mass is 35.5. The molecular formula is C12H9ClN4. The number of halogens is 1. The van der Waals surface area contributed by atoms with E-state index in [1.165, 1.54) is 0 Å². The Morgan fingerprint density at radius 1 is 1.24 bits per heavy atom. The highest BCUT2D eigenvalue weighted by Gasteiger charge is 2.05. The van der Waals surface area contributed by atoms with Crippen molar-refractivity contribution < 1.29 is 0 Å². The first-order valence-corrected chi connectivity index (χ1v) is 5.46. The maximum absolute atomic E-state index is 5.94. The van der Waals surface area contributed by atoms with Crippen LogP contribution in [0.3, 0.4) is 0 Å². The van der Waals surface area contributed by atoms with Gasteiger partial charge >= 0.3 is 0 Å². The van der Waals surface area contributed by atoms with E-state index < -0.39 is 0 Å². The summed E-state index contributed by atoms with van der Waals surface area (Å²) in [6.07, 6.45) is 5.11. The quantitative estimate of drug-likeness (QED) is 0.716. The van der Waals surface area contributed by atoms with Crippen LogP contribution in [0.5, 0.6) is 0 Å². The molecule has 0 fully saturated rings. The number of anilines is 1. The molecule has 0 amide bonds. The van der Waals surface area contributed by atoms with Gasteiger partial charge in [-0.2, -0.15) is 5.10 Å². The van der Waals surface area contributed by atoms with E-state index in [4.69, 9.17) is 17.3 Å². The first-order valence-electron chi connectivity index (χ1n) is 5.09. The topological polar surface area (TPSA) is 56.7 Å². The molecule has 84 valence electrons. The summed E-state index contributed by atoms with van der Waals surface area (Å²) in [6.45, 7) is 0. The predicted molar refractivity (Wildman–Crippen MR) is 68.3 cm³/mol. The molecule has 5 heteroatoms. The number of nitrogens with zero attached hydrogens (tertiary/aromatic N) is 3. The Kier molecular flexibility index (Phi) is 2.23. The van der Waals surface area contributed by atoms with Crippen LogP contribution >= 0.6 is 11.6 Å². The zero-order valence-electron chi connectivity index (χ0n) is 8.84. The molecule has 0 atom stereocenters. The van der Waals surface area contributed by atoms with Gasteiger partial charge in [0.1, 0.15) is 0 Å². The van der Waals surface area contributed by atoms with Gasteiger partial charge in [-0.05, 0) is 24.3 Å². The molecule has 3 rings (SSSR count). The van der Waals surface area contributed by atoms with Crippen molar-refractivity contribution in [2.75, 3.05) is 5.73 Å². The third-order valence-corrected chi connectivity index (χ3v) is 2.77. The number of nitrogens with two attached hydrogens (primary N) is 1. The van der Waals surface area contributed by atoms with Gasteiger partial charge in [0.05, 0.1) is 29.3 Å². The van der Waals surface area contributed by atoms with E-state index in [-0.39, 0.29) is 0 Å². The number of rotatable bonds is 1. The first kappa shape index (κ1) is 10.1. The van der Waals surface area contributed by atoms with Crippen molar-refractivity contribution in [3.63, 3.8) is 0 Å². The third-order valence-electron chi connectivity index (χ3n) is 2.53. The Bertz CT molecular complexity index is 690. The lowest BCUT2D eigenvalue weighted by Crippen LogP contribution is -1.96. The molecule has 17 heavy (non-hydrogen) atoms. The monoisotopic (exact) mass is 244 g/mol. The molecule has 2 heterocycles. The zero-order chi connectivity index (χ0) is 11.8. The van der Waals surface area contributed by atoms with Gasteiger partial charge in [0.25, 0.3) is 0 Å². The Balaban J connectivity index is 2.30. The fourth-order valence-corrected chi connectivity index (χ4v) is 1.94. The van der Waals surface area contributed by atoms with Crippen molar-refractivity contribution in [2.45, 2.75) is 0 Å². The zero-order valence-corrected chi connectivity index (χ0v) is 9.59. The normalized spacial score (nSPS) is 10.9. The molecule has 0 aliphatic rings. The summed E-state index contributed by atoms with van der Waals surface area (Å²) in [5.41, 5.74) is 8.06. The lowest BCUT2D eigenvalue weighted by molar-refractivity contribution is 0.886. The molecule has 4 nitrogen and oxygen atoms in total. The van der Waals surface area contributed by atoms with Gasteiger partial charge in [-0.15, -0.1) is 0 Å². The van der Waals surface area contributed by atoms with E-state index in [9.17, 15) is 0 Å². The minimum atomic E-state index is 0.629. The summed E-state index contributed by atoms with van der Waals surface area (Å²) in [5.74, 6) is 0. The molecule has 0 saturated heterocycles. The highest BCUT2D eigenvalue weighted by molar-refractivity contribution is 6.31. The number of pyridine rings is 1. The lowest BCUT2D eigenvalue weighted by atomic mass is 10.2. The molecule has 0 spiro atoms. The van der Waals surface area contributed by atoms with Crippen LogP contribution in [0.25, 0.3) is 16.6 Å². The van der Waals surface area contributed by atoms with Crippen molar-refractivity contribution in [3.8, 4) is 5.69 Å². The average Bonchev–Trinajstić information content (AvgIpc) is 2.74. The van der Waals surface area contributed by atoms with Gasteiger partial charge in [0.2, 0.25) is 0 Å². The van der Waals surface area contributed by atoms with Crippen LogP contribution in [-0.4, -0.2) is 14.8 Å². The van der Waals surface area contributed by atoms with Gasteiger partial charge in [-0.1, -0.05) is 11.6 Å². The van der Waals surface area contributed by atoms with Gasteiger partial charge in [0.15, 0.2) is 0 Å². The van der Waals surface area contributed by atoms with Crippen molar-refractivity contribution in [1.29, 1.82) is 0 Å². The van der Waals surface area contributed by atoms with Gasteiger partial charge in [-0.3, -0.25) is 4.98 Å². The summed E-state index contributed by atoms with van der Waals surface area (Å²) < 4.78 is 1.73. The van der Waals surface area contributed by atoms with Crippen molar-refractivity contribution in [3.05, 3.63) is 47.9 Å². The highest BCUT2D eigenvalue weighted by Crippen LogP contribution is 2.23. The van der Waals surface area contributed by atoms with E-state index in [1.54, 1.807) is 23.3 Å². The summed E-state index contributed by atoms with van der Waals surface area (Å²) in [6, 6.07) is 7.48. The SMILES string of the molecule is Nc1cnn(-c2ccnc3cc(Cl)ccc23)c1. The molecule has 2 aromatic heterocycles. The Morgan fingerprint density at radius 3 is 2.88 bits per heavy atom. The maximum Gasteiger partial charge on any atom is 0.0755 e.